The molecule has 30 heavy (non-hydrogen) atoms. The lowest BCUT2D eigenvalue weighted by Gasteiger charge is -2.27. The minimum Gasteiger partial charge on any atom is -0.493 e. The number of hydrogen-bond acceptors (Lipinski definition) is 9. The second-order valence-corrected chi connectivity index (χ2v) is 6.84. The molecule has 3 atom stereocenters. The first kappa shape index (κ1) is 23.7. The molecule has 0 saturated carbocycles. The Morgan fingerprint density at radius 3 is 2.47 bits per heavy atom. The number of nitrogen functional groups attached to an aromatic ring is 1. The Balaban J connectivity index is 2.38. The Morgan fingerprint density at radius 2 is 1.87 bits per heavy atom. The third-order valence-electron chi connectivity index (χ3n) is 4.52. The Morgan fingerprint density at radius 1 is 1.17 bits per heavy atom. The molecule has 0 fully saturated rings. The van der Waals surface area contributed by atoms with Crippen LogP contribution in [0.1, 0.15) is 24.5 Å². The number of nitrogens with two attached hydrogens (primary N) is 1. The van der Waals surface area contributed by atoms with Crippen LogP contribution >= 0.6 is 11.6 Å². The van der Waals surface area contributed by atoms with Gasteiger partial charge in [0.1, 0.15) is 23.2 Å². The van der Waals surface area contributed by atoms with Crippen molar-refractivity contribution in [3.05, 3.63) is 34.5 Å². The number of aromatic nitrogens is 2. The molecule has 164 valence electrons. The maximum absolute atomic E-state index is 10.3. The molecule has 9 nitrogen and oxygen atoms in total. The minimum absolute atomic E-state index is 0.0437. The standard InChI is InChI=1S/C20H27ClN4O5/c1-4-13(17(28)14(27)10-26)23-19-12(18(21)24-20(22)25-19)7-5-11-6-8-15(29-2)16(9-11)30-3/h5-9,13-14,17,26-28H,4,10H2,1-3H3,(H3,22,23,24,25)/b7-5+/t13-,14?,17+/m1/s1. The molecule has 0 aliphatic rings. The summed E-state index contributed by atoms with van der Waals surface area (Å²) in [5, 5.41) is 32.3. The molecular formula is C20H27ClN4O5. The van der Waals surface area contributed by atoms with Gasteiger partial charge in [0, 0.05) is 0 Å². The number of methoxy groups -OCH3 is 2. The molecule has 1 unspecified atom stereocenters. The molecule has 0 radical (unpaired) electrons. The SMILES string of the molecule is CC[C@@H](Nc1nc(N)nc(Cl)c1/C=C/c1ccc(OC)c(OC)c1)[C@H](O)C(O)CO. The number of benzene rings is 1. The van der Waals surface area contributed by atoms with Crippen molar-refractivity contribution in [2.24, 2.45) is 0 Å². The fraction of sp³-hybridized carbons (Fsp3) is 0.400. The molecular weight excluding hydrogens is 412 g/mol. The number of nitrogens with one attached hydrogen (secondary N) is 1. The molecule has 0 saturated heterocycles. The lowest BCUT2D eigenvalue weighted by molar-refractivity contribution is -0.0230. The summed E-state index contributed by atoms with van der Waals surface area (Å²) in [6, 6.07) is 4.81. The lowest BCUT2D eigenvalue weighted by Crippen LogP contribution is -2.43. The Bertz CT molecular complexity index is 881. The highest BCUT2D eigenvalue weighted by atomic mass is 35.5. The zero-order valence-corrected chi connectivity index (χ0v) is 17.8. The van der Waals surface area contributed by atoms with Crippen LogP contribution in [0.2, 0.25) is 5.15 Å². The van der Waals surface area contributed by atoms with E-state index in [1.165, 1.54) is 0 Å². The zero-order chi connectivity index (χ0) is 22.3. The number of halogens is 1. The topological polar surface area (TPSA) is 143 Å². The lowest BCUT2D eigenvalue weighted by atomic mass is 10.0. The van der Waals surface area contributed by atoms with Crippen LogP contribution in [0.4, 0.5) is 11.8 Å². The Hall–Kier alpha value is -2.59. The van der Waals surface area contributed by atoms with E-state index in [0.29, 0.717) is 29.3 Å². The van der Waals surface area contributed by atoms with Crippen LogP contribution in [0.5, 0.6) is 11.5 Å². The van der Waals surface area contributed by atoms with E-state index in [9.17, 15) is 10.2 Å². The van der Waals surface area contributed by atoms with Crippen LogP contribution in [-0.2, 0) is 0 Å². The molecule has 0 spiro atoms. The van der Waals surface area contributed by atoms with Gasteiger partial charge in [-0.15, -0.1) is 0 Å². The average Bonchev–Trinajstić information content (AvgIpc) is 2.75. The Kier molecular flexibility index (Phi) is 8.67. The largest absolute Gasteiger partial charge is 0.493 e. The van der Waals surface area contributed by atoms with E-state index in [-0.39, 0.29) is 11.1 Å². The summed E-state index contributed by atoms with van der Waals surface area (Å²) >= 11 is 6.28. The van der Waals surface area contributed by atoms with Crippen LogP contribution in [0.15, 0.2) is 18.2 Å². The van der Waals surface area contributed by atoms with E-state index in [1.807, 2.05) is 13.0 Å². The van der Waals surface area contributed by atoms with Gasteiger partial charge in [-0.25, -0.2) is 4.98 Å². The van der Waals surface area contributed by atoms with E-state index in [4.69, 9.17) is 31.9 Å². The van der Waals surface area contributed by atoms with Gasteiger partial charge in [-0.3, -0.25) is 0 Å². The predicted octanol–water partition coefficient (Wildman–Crippen LogP) is 1.80. The van der Waals surface area contributed by atoms with Gasteiger partial charge >= 0.3 is 0 Å². The van der Waals surface area contributed by atoms with E-state index >= 15 is 0 Å². The van der Waals surface area contributed by atoms with Gasteiger partial charge in [-0.2, -0.15) is 4.98 Å². The number of nitrogens with zero attached hydrogens (tertiary/aromatic N) is 2. The van der Waals surface area contributed by atoms with E-state index in [1.54, 1.807) is 38.5 Å². The summed E-state index contributed by atoms with van der Waals surface area (Å²) in [6.45, 7) is 1.24. The number of hydrogen-bond donors (Lipinski definition) is 5. The molecule has 6 N–H and O–H groups in total. The zero-order valence-electron chi connectivity index (χ0n) is 17.0. The van der Waals surface area contributed by atoms with Crippen LogP contribution in [-0.4, -0.2) is 64.4 Å². The fourth-order valence-corrected chi connectivity index (χ4v) is 3.07. The highest BCUT2D eigenvalue weighted by Gasteiger charge is 2.26. The van der Waals surface area contributed by atoms with Gasteiger partial charge in [0.05, 0.1) is 32.4 Å². The number of ether oxygens (including phenoxy) is 2. The molecule has 2 aromatic rings. The smallest absolute Gasteiger partial charge is 0.223 e. The maximum Gasteiger partial charge on any atom is 0.223 e. The van der Waals surface area contributed by atoms with Gasteiger partial charge < -0.3 is 35.8 Å². The summed E-state index contributed by atoms with van der Waals surface area (Å²) in [6.07, 6.45) is 1.40. The third-order valence-corrected chi connectivity index (χ3v) is 4.81. The van der Waals surface area contributed by atoms with Gasteiger partial charge in [0.15, 0.2) is 11.5 Å². The number of aliphatic hydroxyl groups excluding tert-OH is 3. The van der Waals surface area contributed by atoms with Gasteiger partial charge in [-0.1, -0.05) is 30.7 Å². The van der Waals surface area contributed by atoms with Crippen molar-refractivity contribution in [3.8, 4) is 11.5 Å². The number of anilines is 2. The third kappa shape index (κ3) is 5.73. The van der Waals surface area contributed by atoms with E-state index in [0.717, 1.165) is 5.56 Å². The van der Waals surface area contributed by atoms with Crippen molar-refractivity contribution in [2.45, 2.75) is 31.6 Å². The van der Waals surface area contributed by atoms with Crippen molar-refractivity contribution in [3.63, 3.8) is 0 Å². The summed E-state index contributed by atoms with van der Waals surface area (Å²) in [4.78, 5) is 8.16. The molecule has 1 aromatic carbocycles. The quantitative estimate of drug-likeness (QED) is 0.351. The van der Waals surface area contributed by atoms with Crippen molar-refractivity contribution in [1.82, 2.24) is 9.97 Å². The molecule has 10 heteroatoms. The van der Waals surface area contributed by atoms with Gasteiger partial charge in [-0.05, 0) is 30.2 Å². The highest BCUT2D eigenvalue weighted by Crippen LogP contribution is 2.30. The van der Waals surface area contributed by atoms with E-state index in [2.05, 4.69) is 15.3 Å². The number of rotatable bonds is 10. The summed E-state index contributed by atoms with van der Waals surface area (Å²) in [5.41, 5.74) is 6.99. The normalized spacial score (nSPS) is 14.4. The van der Waals surface area contributed by atoms with Crippen LogP contribution in [0.25, 0.3) is 12.2 Å². The predicted molar refractivity (Wildman–Crippen MR) is 117 cm³/mol. The van der Waals surface area contributed by atoms with Gasteiger partial charge in [0.25, 0.3) is 0 Å². The highest BCUT2D eigenvalue weighted by molar-refractivity contribution is 6.31. The van der Waals surface area contributed by atoms with Crippen LogP contribution in [0, 0.1) is 0 Å². The molecule has 0 aliphatic heterocycles. The second-order valence-electron chi connectivity index (χ2n) is 6.48. The number of aliphatic hydroxyl groups is 3. The summed E-state index contributed by atoms with van der Waals surface area (Å²) in [7, 11) is 3.11. The molecule has 0 amide bonds. The fourth-order valence-electron chi connectivity index (χ4n) is 2.83. The molecule has 1 aromatic heterocycles. The van der Waals surface area contributed by atoms with Crippen molar-refractivity contribution in [2.75, 3.05) is 31.9 Å². The van der Waals surface area contributed by atoms with Crippen LogP contribution < -0.4 is 20.5 Å². The average molecular weight is 439 g/mol. The molecule has 2 rings (SSSR count). The first-order chi connectivity index (χ1) is 14.3. The van der Waals surface area contributed by atoms with Gasteiger partial charge in [0.2, 0.25) is 5.95 Å². The summed E-state index contributed by atoms with van der Waals surface area (Å²) < 4.78 is 10.5. The monoisotopic (exact) mass is 438 g/mol. The Labute approximate surface area is 180 Å². The van der Waals surface area contributed by atoms with Crippen LogP contribution in [0.3, 0.4) is 0 Å². The van der Waals surface area contributed by atoms with Crippen molar-refractivity contribution >= 4 is 35.5 Å². The van der Waals surface area contributed by atoms with E-state index < -0.39 is 24.9 Å². The van der Waals surface area contributed by atoms with Crippen molar-refractivity contribution in [1.29, 1.82) is 0 Å². The van der Waals surface area contributed by atoms with Crippen molar-refractivity contribution < 1.29 is 24.8 Å². The maximum atomic E-state index is 10.3. The first-order valence-electron chi connectivity index (χ1n) is 9.31. The molecule has 1 heterocycles. The molecule has 0 aliphatic carbocycles. The second kappa shape index (κ2) is 11.0. The first-order valence-corrected chi connectivity index (χ1v) is 9.69. The molecule has 0 bridgehead atoms. The minimum atomic E-state index is -1.30. The summed E-state index contributed by atoms with van der Waals surface area (Å²) in [5.74, 6) is 1.43.